The van der Waals surface area contributed by atoms with Crippen LogP contribution in [0.25, 0.3) is 10.9 Å². The van der Waals surface area contributed by atoms with Crippen LogP contribution < -0.4 is 14.9 Å². The van der Waals surface area contributed by atoms with E-state index in [2.05, 4.69) is 9.71 Å². The first-order valence-electron chi connectivity index (χ1n) is 10.6. The molecule has 32 heavy (non-hydrogen) atoms. The zero-order valence-corrected chi connectivity index (χ0v) is 18.6. The molecule has 0 spiro atoms. The number of aromatic nitrogens is 1. The van der Waals surface area contributed by atoms with E-state index in [0.29, 0.717) is 36.6 Å². The van der Waals surface area contributed by atoms with Gasteiger partial charge in [-0.25, -0.2) is 8.42 Å². The molecule has 1 aliphatic heterocycles. The van der Waals surface area contributed by atoms with Crippen molar-refractivity contribution in [1.29, 1.82) is 0 Å². The van der Waals surface area contributed by atoms with Gasteiger partial charge in [0.15, 0.2) is 0 Å². The number of hydrogen-bond donors (Lipinski definition) is 2. The number of carbonyl (C=O) groups excluding carboxylic acids is 1. The number of ether oxygens (including phenoxy) is 1. The highest BCUT2D eigenvalue weighted by Gasteiger charge is 2.22. The van der Waals surface area contributed by atoms with Gasteiger partial charge in [-0.05, 0) is 68.7 Å². The van der Waals surface area contributed by atoms with Crippen molar-refractivity contribution in [1.82, 2.24) is 9.88 Å². The SMILES string of the molecule is CCOc1ccc(NS(=O)(=O)c2ccc3[nH]cc(C(=O)N4CCCCC4)c(=O)c3c2)cc1. The maximum atomic E-state index is 13.1. The van der Waals surface area contributed by atoms with E-state index in [1.165, 1.54) is 24.4 Å². The smallest absolute Gasteiger partial charge is 0.261 e. The van der Waals surface area contributed by atoms with Crippen molar-refractivity contribution in [3.05, 3.63) is 64.4 Å². The standard InChI is InChI=1S/C23H25N3O5S/c1-2-31-17-8-6-16(7-9-17)25-32(29,30)18-10-11-21-19(14-18)22(27)20(15-24-21)23(28)26-12-4-3-5-13-26/h6-11,14-15,25H,2-5,12-13H2,1H3,(H,24,27). The number of carbonyl (C=O) groups is 1. The Morgan fingerprint density at radius 1 is 1.09 bits per heavy atom. The molecule has 2 heterocycles. The topological polar surface area (TPSA) is 109 Å². The Hall–Kier alpha value is -3.33. The molecule has 0 saturated carbocycles. The maximum absolute atomic E-state index is 13.1. The lowest BCUT2D eigenvalue weighted by Gasteiger charge is -2.26. The monoisotopic (exact) mass is 455 g/mol. The fraction of sp³-hybridized carbons (Fsp3) is 0.304. The summed E-state index contributed by atoms with van der Waals surface area (Å²) in [6, 6.07) is 10.8. The van der Waals surface area contributed by atoms with Gasteiger partial charge < -0.3 is 14.6 Å². The van der Waals surface area contributed by atoms with Crippen LogP contribution in [-0.2, 0) is 10.0 Å². The number of hydrogen-bond acceptors (Lipinski definition) is 5. The normalized spacial score (nSPS) is 14.3. The highest BCUT2D eigenvalue weighted by atomic mass is 32.2. The highest BCUT2D eigenvalue weighted by molar-refractivity contribution is 7.92. The predicted molar refractivity (Wildman–Crippen MR) is 123 cm³/mol. The van der Waals surface area contributed by atoms with E-state index in [4.69, 9.17) is 4.74 Å². The van der Waals surface area contributed by atoms with Gasteiger partial charge in [0.05, 0.1) is 11.5 Å². The third-order valence-corrected chi connectivity index (χ3v) is 6.83. The number of pyridine rings is 1. The lowest BCUT2D eigenvalue weighted by atomic mass is 10.1. The maximum Gasteiger partial charge on any atom is 0.261 e. The zero-order valence-electron chi connectivity index (χ0n) is 17.8. The summed E-state index contributed by atoms with van der Waals surface area (Å²) < 4.78 is 33.7. The number of aromatic amines is 1. The van der Waals surface area contributed by atoms with Crippen molar-refractivity contribution in [3.63, 3.8) is 0 Å². The van der Waals surface area contributed by atoms with Gasteiger partial charge in [0.25, 0.3) is 15.9 Å². The summed E-state index contributed by atoms with van der Waals surface area (Å²) in [6.07, 6.45) is 4.31. The van der Waals surface area contributed by atoms with Crippen LogP contribution in [0.3, 0.4) is 0 Å². The van der Waals surface area contributed by atoms with Crippen molar-refractivity contribution < 1.29 is 17.9 Å². The molecule has 2 N–H and O–H groups in total. The molecular formula is C23H25N3O5S. The molecule has 1 aliphatic rings. The van der Waals surface area contributed by atoms with Gasteiger partial charge in [-0.15, -0.1) is 0 Å². The Kier molecular flexibility index (Phi) is 6.18. The van der Waals surface area contributed by atoms with E-state index in [1.807, 2.05) is 6.92 Å². The van der Waals surface area contributed by atoms with Gasteiger partial charge in [0.1, 0.15) is 11.3 Å². The molecule has 1 saturated heterocycles. The Bertz CT molecular complexity index is 1290. The number of piperidine rings is 1. The molecule has 0 unspecified atom stereocenters. The van der Waals surface area contributed by atoms with Crippen molar-refractivity contribution in [2.75, 3.05) is 24.4 Å². The van der Waals surface area contributed by atoms with Crippen LogP contribution in [0.1, 0.15) is 36.5 Å². The molecule has 8 nitrogen and oxygen atoms in total. The summed E-state index contributed by atoms with van der Waals surface area (Å²) in [4.78, 5) is 30.4. The number of sulfonamides is 1. The first-order valence-corrected chi connectivity index (χ1v) is 12.1. The number of fused-ring (bicyclic) bond motifs is 1. The highest BCUT2D eigenvalue weighted by Crippen LogP contribution is 2.22. The average Bonchev–Trinajstić information content (AvgIpc) is 2.80. The van der Waals surface area contributed by atoms with Gasteiger partial charge in [-0.2, -0.15) is 0 Å². The number of nitrogens with one attached hydrogen (secondary N) is 2. The Balaban J connectivity index is 1.65. The van der Waals surface area contributed by atoms with Crippen molar-refractivity contribution in [2.24, 2.45) is 0 Å². The molecule has 0 bridgehead atoms. The van der Waals surface area contributed by atoms with Crippen LogP contribution in [0.5, 0.6) is 5.75 Å². The van der Waals surface area contributed by atoms with Crippen molar-refractivity contribution >= 4 is 32.5 Å². The van der Waals surface area contributed by atoms with E-state index < -0.39 is 15.5 Å². The predicted octanol–water partition coefficient (Wildman–Crippen LogP) is 3.35. The number of benzene rings is 2. The summed E-state index contributed by atoms with van der Waals surface area (Å²) >= 11 is 0. The van der Waals surface area contributed by atoms with Crippen LogP contribution in [0.15, 0.2) is 58.4 Å². The Labute approximate surface area is 186 Å². The third-order valence-electron chi connectivity index (χ3n) is 5.45. The molecule has 4 rings (SSSR count). The molecule has 3 aromatic rings. The van der Waals surface area contributed by atoms with E-state index >= 15 is 0 Å². The van der Waals surface area contributed by atoms with Crippen LogP contribution in [-0.4, -0.2) is 43.9 Å². The zero-order chi connectivity index (χ0) is 22.7. The average molecular weight is 456 g/mol. The Morgan fingerprint density at radius 3 is 2.50 bits per heavy atom. The van der Waals surface area contributed by atoms with E-state index in [-0.39, 0.29) is 21.8 Å². The number of H-pyrrole nitrogens is 1. The minimum Gasteiger partial charge on any atom is -0.494 e. The van der Waals surface area contributed by atoms with Gasteiger partial charge >= 0.3 is 0 Å². The molecule has 1 aromatic heterocycles. The fourth-order valence-electron chi connectivity index (χ4n) is 3.79. The number of likely N-dealkylation sites (tertiary alicyclic amines) is 1. The molecule has 1 fully saturated rings. The third kappa shape index (κ3) is 4.47. The first kappa shape index (κ1) is 21.9. The Morgan fingerprint density at radius 2 is 1.81 bits per heavy atom. The van der Waals surface area contributed by atoms with Crippen LogP contribution >= 0.6 is 0 Å². The van der Waals surface area contributed by atoms with Crippen LogP contribution in [0, 0.1) is 0 Å². The minimum atomic E-state index is -3.94. The summed E-state index contributed by atoms with van der Waals surface area (Å²) in [5.41, 5.74) is 0.377. The summed E-state index contributed by atoms with van der Waals surface area (Å²) in [6.45, 7) is 3.62. The van der Waals surface area contributed by atoms with E-state index in [9.17, 15) is 18.0 Å². The van der Waals surface area contributed by atoms with Gasteiger partial charge in [0.2, 0.25) is 5.43 Å². The van der Waals surface area contributed by atoms with E-state index in [0.717, 1.165) is 19.3 Å². The first-order chi connectivity index (χ1) is 15.4. The quantitative estimate of drug-likeness (QED) is 0.593. The molecule has 9 heteroatoms. The number of amides is 1. The number of anilines is 1. The molecule has 0 aliphatic carbocycles. The summed E-state index contributed by atoms with van der Waals surface area (Å²) in [7, 11) is -3.94. The lowest BCUT2D eigenvalue weighted by molar-refractivity contribution is 0.0723. The van der Waals surface area contributed by atoms with Gasteiger partial charge in [-0.1, -0.05) is 0 Å². The number of nitrogens with zero attached hydrogens (tertiary/aromatic N) is 1. The van der Waals surface area contributed by atoms with Gasteiger partial charge in [0, 0.05) is 35.9 Å². The molecule has 0 radical (unpaired) electrons. The largest absolute Gasteiger partial charge is 0.494 e. The van der Waals surface area contributed by atoms with E-state index in [1.54, 1.807) is 29.2 Å². The molecular weight excluding hydrogens is 430 g/mol. The fourth-order valence-corrected chi connectivity index (χ4v) is 4.88. The van der Waals surface area contributed by atoms with Gasteiger partial charge in [-0.3, -0.25) is 14.3 Å². The molecule has 0 atom stereocenters. The number of rotatable bonds is 6. The summed E-state index contributed by atoms with van der Waals surface area (Å²) in [5, 5.41) is 0.155. The van der Waals surface area contributed by atoms with Crippen molar-refractivity contribution in [3.8, 4) is 5.75 Å². The molecule has 168 valence electrons. The van der Waals surface area contributed by atoms with Crippen molar-refractivity contribution in [2.45, 2.75) is 31.1 Å². The minimum absolute atomic E-state index is 0.0217. The molecule has 2 aromatic carbocycles. The summed E-state index contributed by atoms with van der Waals surface area (Å²) in [5.74, 6) is 0.312. The second kappa shape index (κ2) is 9.04. The second-order valence-electron chi connectivity index (χ2n) is 7.65. The molecule has 1 amide bonds. The second-order valence-corrected chi connectivity index (χ2v) is 9.34. The van der Waals surface area contributed by atoms with Crippen LogP contribution in [0.4, 0.5) is 5.69 Å². The lowest BCUT2D eigenvalue weighted by Crippen LogP contribution is -2.38. The van der Waals surface area contributed by atoms with Crippen LogP contribution in [0.2, 0.25) is 0 Å².